The molecule has 0 aromatic carbocycles. The highest BCUT2D eigenvalue weighted by Crippen LogP contribution is 2.34. The van der Waals surface area contributed by atoms with Gasteiger partial charge in [-0.05, 0) is 24.1 Å². The first-order valence-corrected chi connectivity index (χ1v) is 6.63. The van der Waals surface area contributed by atoms with Gasteiger partial charge in [-0.3, -0.25) is 0 Å². The smallest absolute Gasteiger partial charge is 0.424 e. The summed E-state index contributed by atoms with van der Waals surface area (Å²) < 4.78 is 38.1. The molecule has 1 fully saturated rings. The van der Waals surface area contributed by atoms with Crippen molar-refractivity contribution in [1.29, 1.82) is 0 Å². The average molecular weight is 300 g/mol. The quantitative estimate of drug-likeness (QED) is 0.820. The number of furan rings is 1. The SMILES string of the molecule is C=CC(F)(F)[C@H](NN1C(=O)OC[C@@H]1C(C)C)c1ccco1. The van der Waals surface area contributed by atoms with Crippen molar-refractivity contribution in [1.82, 2.24) is 10.4 Å². The van der Waals surface area contributed by atoms with E-state index < -0.39 is 18.1 Å². The summed E-state index contributed by atoms with van der Waals surface area (Å²) in [4.78, 5) is 11.7. The normalized spacial score (nSPS) is 20.7. The van der Waals surface area contributed by atoms with E-state index in [9.17, 15) is 13.6 Å². The molecule has 1 aliphatic rings. The van der Waals surface area contributed by atoms with Crippen LogP contribution in [0.1, 0.15) is 25.6 Å². The first-order chi connectivity index (χ1) is 9.86. The molecule has 5 nitrogen and oxygen atoms in total. The summed E-state index contributed by atoms with van der Waals surface area (Å²) >= 11 is 0. The minimum atomic E-state index is -3.29. The molecule has 7 heteroatoms. The average Bonchev–Trinajstić information content (AvgIpc) is 3.05. The number of rotatable bonds is 6. The highest BCUT2D eigenvalue weighted by atomic mass is 19.3. The zero-order valence-corrected chi connectivity index (χ0v) is 11.9. The fourth-order valence-corrected chi connectivity index (χ4v) is 2.13. The minimum Gasteiger partial charge on any atom is -0.467 e. The van der Waals surface area contributed by atoms with Crippen molar-refractivity contribution in [2.75, 3.05) is 6.61 Å². The van der Waals surface area contributed by atoms with E-state index in [1.807, 2.05) is 13.8 Å². The Hall–Kier alpha value is -1.89. The Morgan fingerprint density at radius 1 is 1.57 bits per heavy atom. The van der Waals surface area contributed by atoms with Gasteiger partial charge in [-0.2, -0.15) is 8.78 Å². The zero-order valence-electron chi connectivity index (χ0n) is 11.9. The number of halogens is 2. The monoisotopic (exact) mass is 300 g/mol. The van der Waals surface area contributed by atoms with Gasteiger partial charge in [0.05, 0.1) is 12.3 Å². The molecule has 1 aromatic heterocycles. The van der Waals surface area contributed by atoms with Crippen LogP contribution in [0.5, 0.6) is 0 Å². The Kier molecular flexibility index (Phi) is 4.32. The number of hydrazine groups is 1. The summed E-state index contributed by atoms with van der Waals surface area (Å²) in [5.41, 5.74) is 2.53. The maximum Gasteiger partial charge on any atom is 0.424 e. The largest absolute Gasteiger partial charge is 0.467 e. The third kappa shape index (κ3) is 3.07. The molecular weight excluding hydrogens is 282 g/mol. The number of cyclic esters (lactones) is 1. The second-order valence-corrected chi connectivity index (χ2v) is 5.21. The van der Waals surface area contributed by atoms with Crippen molar-refractivity contribution in [3.8, 4) is 0 Å². The van der Waals surface area contributed by atoms with Crippen LogP contribution in [-0.4, -0.2) is 29.7 Å². The van der Waals surface area contributed by atoms with Crippen molar-refractivity contribution in [3.63, 3.8) is 0 Å². The van der Waals surface area contributed by atoms with Crippen LogP contribution in [0.25, 0.3) is 0 Å². The van der Waals surface area contributed by atoms with Crippen molar-refractivity contribution in [2.45, 2.75) is 31.9 Å². The molecule has 1 aliphatic heterocycles. The molecule has 0 aliphatic carbocycles. The Labute approximate surface area is 121 Å². The molecule has 116 valence electrons. The van der Waals surface area contributed by atoms with Crippen LogP contribution >= 0.6 is 0 Å². The zero-order chi connectivity index (χ0) is 15.6. The Balaban J connectivity index is 2.26. The van der Waals surface area contributed by atoms with Gasteiger partial charge in [-0.1, -0.05) is 20.4 Å². The molecule has 0 saturated carbocycles. The van der Waals surface area contributed by atoms with Gasteiger partial charge in [-0.25, -0.2) is 15.2 Å². The van der Waals surface area contributed by atoms with E-state index in [0.29, 0.717) is 6.08 Å². The minimum absolute atomic E-state index is 0.0158. The van der Waals surface area contributed by atoms with E-state index in [2.05, 4.69) is 12.0 Å². The lowest BCUT2D eigenvalue weighted by Gasteiger charge is -2.31. The van der Waals surface area contributed by atoms with E-state index in [4.69, 9.17) is 9.15 Å². The molecular formula is C14H18F2N2O3. The van der Waals surface area contributed by atoms with Crippen LogP contribution in [0.4, 0.5) is 13.6 Å². The van der Waals surface area contributed by atoms with Gasteiger partial charge in [-0.15, -0.1) is 0 Å². The van der Waals surface area contributed by atoms with Gasteiger partial charge >= 0.3 is 6.09 Å². The van der Waals surface area contributed by atoms with Crippen molar-refractivity contribution < 1.29 is 22.7 Å². The van der Waals surface area contributed by atoms with E-state index in [1.165, 1.54) is 18.4 Å². The Morgan fingerprint density at radius 3 is 2.81 bits per heavy atom. The standard InChI is InChI=1S/C14H18F2N2O3/c1-4-14(15,16)12(11-6-5-7-20-11)17-18-10(9(2)3)8-21-13(18)19/h4-7,9-10,12,17H,1,8H2,2-3H3/t10-,12-/m1/s1. The second kappa shape index (κ2) is 5.85. The molecule has 1 amide bonds. The summed E-state index contributed by atoms with van der Waals surface area (Å²) in [5.74, 6) is -3.22. The predicted molar refractivity (Wildman–Crippen MR) is 71.5 cm³/mol. The summed E-state index contributed by atoms with van der Waals surface area (Å²) in [6, 6.07) is 1.07. The lowest BCUT2D eigenvalue weighted by Crippen LogP contribution is -2.52. The van der Waals surface area contributed by atoms with Gasteiger partial charge in [0.2, 0.25) is 0 Å². The first kappa shape index (κ1) is 15.5. The van der Waals surface area contributed by atoms with Crippen molar-refractivity contribution in [2.24, 2.45) is 5.92 Å². The van der Waals surface area contributed by atoms with Crippen LogP contribution in [0.2, 0.25) is 0 Å². The number of alkyl halides is 2. The van der Waals surface area contributed by atoms with Gasteiger partial charge in [0.1, 0.15) is 12.4 Å². The van der Waals surface area contributed by atoms with Crippen LogP contribution < -0.4 is 5.43 Å². The molecule has 0 radical (unpaired) electrons. The number of carbonyl (C=O) groups is 1. The molecule has 2 rings (SSSR count). The molecule has 0 spiro atoms. The number of hydrogen-bond donors (Lipinski definition) is 1. The molecule has 1 N–H and O–H groups in total. The molecule has 1 aromatic rings. The van der Waals surface area contributed by atoms with Gasteiger partial charge in [0.25, 0.3) is 5.92 Å². The molecule has 2 atom stereocenters. The fraction of sp³-hybridized carbons (Fsp3) is 0.500. The van der Waals surface area contributed by atoms with E-state index >= 15 is 0 Å². The van der Waals surface area contributed by atoms with Crippen LogP contribution in [0.15, 0.2) is 35.5 Å². The summed E-state index contributed by atoms with van der Waals surface area (Å²) in [6.07, 6.45) is 1.15. The number of nitrogens with zero attached hydrogens (tertiary/aromatic N) is 1. The highest BCUT2D eigenvalue weighted by Gasteiger charge is 2.45. The number of amides is 1. The molecule has 0 unspecified atom stereocenters. The van der Waals surface area contributed by atoms with Gasteiger partial charge in [0, 0.05) is 0 Å². The van der Waals surface area contributed by atoms with Gasteiger partial charge < -0.3 is 9.15 Å². The molecule has 2 heterocycles. The first-order valence-electron chi connectivity index (χ1n) is 6.63. The van der Waals surface area contributed by atoms with E-state index in [-0.39, 0.29) is 24.3 Å². The molecule has 21 heavy (non-hydrogen) atoms. The maximum atomic E-state index is 14.1. The van der Waals surface area contributed by atoms with Crippen molar-refractivity contribution in [3.05, 3.63) is 36.8 Å². The van der Waals surface area contributed by atoms with Crippen LogP contribution in [0, 0.1) is 5.92 Å². The van der Waals surface area contributed by atoms with Crippen LogP contribution in [0.3, 0.4) is 0 Å². The maximum absolute atomic E-state index is 14.1. The second-order valence-electron chi connectivity index (χ2n) is 5.21. The Bertz CT molecular complexity index is 502. The van der Waals surface area contributed by atoms with Gasteiger partial charge in [0.15, 0.2) is 6.04 Å². The summed E-state index contributed by atoms with van der Waals surface area (Å²) in [6.45, 7) is 7.07. The number of hydrogen-bond acceptors (Lipinski definition) is 4. The Morgan fingerprint density at radius 2 is 2.29 bits per heavy atom. The fourth-order valence-electron chi connectivity index (χ4n) is 2.13. The molecule has 1 saturated heterocycles. The predicted octanol–water partition coefficient (Wildman–Crippen LogP) is 3.12. The van der Waals surface area contributed by atoms with E-state index in [1.54, 1.807) is 0 Å². The number of ether oxygens (including phenoxy) is 1. The van der Waals surface area contributed by atoms with Crippen LogP contribution in [-0.2, 0) is 4.74 Å². The van der Waals surface area contributed by atoms with Crippen molar-refractivity contribution >= 4 is 6.09 Å². The third-order valence-corrected chi connectivity index (χ3v) is 3.43. The number of carbonyl (C=O) groups excluding carboxylic acids is 1. The number of nitrogens with one attached hydrogen (secondary N) is 1. The lowest BCUT2D eigenvalue weighted by atomic mass is 10.1. The molecule has 0 bridgehead atoms. The highest BCUT2D eigenvalue weighted by molar-refractivity contribution is 5.69. The summed E-state index contributed by atoms with van der Waals surface area (Å²) in [5, 5.41) is 1.11. The topological polar surface area (TPSA) is 54.7 Å². The summed E-state index contributed by atoms with van der Waals surface area (Å²) in [7, 11) is 0. The van der Waals surface area contributed by atoms with E-state index in [0.717, 1.165) is 5.01 Å². The third-order valence-electron chi connectivity index (χ3n) is 3.43. The lowest BCUT2D eigenvalue weighted by molar-refractivity contribution is -0.0262.